The highest BCUT2D eigenvalue weighted by atomic mass is 16.2. The zero-order valence-corrected chi connectivity index (χ0v) is 11.2. The fourth-order valence-electron chi connectivity index (χ4n) is 3.01. The Morgan fingerprint density at radius 1 is 1.50 bits per heavy atom. The molecule has 2 atom stereocenters. The van der Waals surface area contributed by atoms with E-state index in [4.69, 9.17) is 5.73 Å². The van der Waals surface area contributed by atoms with Crippen molar-refractivity contribution >= 4 is 23.2 Å². The quantitative estimate of drug-likeness (QED) is 0.838. The van der Waals surface area contributed by atoms with Crippen LogP contribution in [0.3, 0.4) is 0 Å². The van der Waals surface area contributed by atoms with Crippen LogP contribution in [-0.4, -0.2) is 29.4 Å². The SMILES string of the molecule is N[C@@H]1CCC[C@H]1CC(=O)N1CC(=O)Nc2cnccc21. The Morgan fingerprint density at radius 3 is 3.10 bits per heavy atom. The van der Waals surface area contributed by atoms with Crippen molar-refractivity contribution in [2.24, 2.45) is 11.7 Å². The van der Waals surface area contributed by atoms with Crippen LogP contribution in [0.2, 0.25) is 0 Å². The first kappa shape index (κ1) is 13.1. The Balaban J connectivity index is 1.79. The minimum atomic E-state index is -0.186. The average Bonchev–Trinajstić information content (AvgIpc) is 2.83. The van der Waals surface area contributed by atoms with E-state index < -0.39 is 0 Å². The number of nitrogens with one attached hydrogen (secondary N) is 1. The Morgan fingerprint density at radius 2 is 2.35 bits per heavy atom. The molecule has 0 bridgehead atoms. The zero-order chi connectivity index (χ0) is 14.1. The number of hydrogen-bond acceptors (Lipinski definition) is 4. The van der Waals surface area contributed by atoms with E-state index in [1.54, 1.807) is 23.4 Å². The number of nitrogens with two attached hydrogens (primary N) is 1. The molecule has 2 heterocycles. The van der Waals surface area contributed by atoms with E-state index in [-0.39, 0.29) is 30.3 Å². The second-order valence-corrected chi connectivity index (χ2v) is 5.48. The molecule has 6 heteroatoms. The summed E-state index contributed by atoms with van der Waals surface area (Å²) in [4.78, 5) is 29.7. The second-order valence-electron chi connectivity index (χ2n) is 5.48. The number of fused-ring (bicyclic) bond motifs is 1. The van der Waals surface area contributed by atoms with Crippen molar-refractivity contribution in [1.82, 2.24) is 4.98 Å². The topological polar surface area (TPSA) is 88.3 Å². The third-order valence-corrected chi connectivity index (χ3v) is 4.12. The number of rotatable bonds is 2. The highest BCUT2D eigenvalue weighted by Crippen LogP contribution is 2.31. The van der Waals surface area contributed by atoms with Gasteiger partial charge in [-0.15, -0.1) is 0 Å². The van der Waals surface area contributed by atoms with Gasteiger partial charge in [-0.1, -0.05) is 6.42 Å². The first-order valence-corrected chi connectivity index (χ1v) is 6.95. The predicted octanol–water partition coefficient (Wildman–Crippen LogP) is 0.884. The Labute approximate surface area is 117 Å². The van der Waals surface area contributed by atoms with E-state index in [1.165, 1.54) is 0 Å². The molecule has 0 saturated heterocycles. The van der Waals surface area contributed by atoms with E-state index in [9.17, 15) is 9.59 Å². The molecular formula is C14H18N4O2. The van der Waals surface area contributed by atoms with E-state index in [2.05, 4.69) is 10.3 Å². The van der Waals surface area contributed by atoms with Crippen molar-refractivity contribution in [2.45, 2.75) is 31.7 Å². The highest BCUT2D eigenvalue weighted by Gasteiger charge is 2.31. The monoisotopic (exact) mass is 274 g/mol. The van der Waals surface area contributed by atoms with Crippen LogP contribution in [0.4, 0.5) is 11.4 Å². The zero-order valence-electron chi connectivity index (χ0n) is 11.2. The molecule has 1 aliphatic heterocycles. The lowest BCUT2D eigenvalue weighted by Crippen LogP contribution is -2.43. The molecule has 0 aromatic carbocycles. The van der Waals surface area contributed by atoms with Gasteiger partial charge in [-0.05, 0) is 24.8 Å². The molecule has 1 saturated carbocycles. The molecule has 0 unspecified atom stereocenters. The fourth-order valence-corrected chi connectivity index (χ4v) is 3.01. The van der Waals surface area contributed by atoms with E-state index in [1.807, 2.05) is 0 Å². The molecule has 6 nitrogen and oxygen atoms in total. The summed E-state index contributed by atoms with van der Waals surface area (Å²) < 4.78 is 0. The van der Waals surface area contributed by atoms with Gasteiger partial charge in [0.15, 0.2) is 0 Å². The summed E-state index contributed by atoms with van der Waals surface area (Å²) in [5.74, 6) is 0.0157. The largest absolute Gasteiger partial charge is 0.327 e. The summed E-state index contributed by atoms with van der Waals surface area (Å²) in [6.07, 6.45) is 6.66. The van der Waals surface area contributed by atoms with Crippen LogP contribution in [0.5, 0.6) is 0 Å². The lowest BCUT2D eigenvalue weighted by Gasteiger charge is -2.30. The number of pyridine rings is 1. The minimum absolute atomic E-state index is 0.0327. The molecule has 3 rings (SSSR count). The Kier molecular flexibility index (Phi) is 3.40. The van der Waals surface area contributed by atoms with Crippen LogP contribution in [-0.2, 0) is 9.59 Å². The molecular weight excluding hydrogens is 256 g/mol. The lowest BCUT2D eigenvalue weighted by molar-refractivity contribution is -0.122. The van der Waals surface area contributed by atoms with Gasteiger partial charge in [-0.3, -0.25) is 14.6 Å². The number of anilines is 2. The van der Waals surface area contributed by atoms with Gasteiger partial charge in [0.1, 0.15) is 6.54 Å². The fraction of sp³-hybridized carbons (Fsp3) is 0.500. The van der Waals surface area contributed by atoms with Crippen LogP contribution in [0, 0.1) is 5.92 Å². The summed E-state index contributed by atoms with van der Waals surface area (Å²) >= 11 is 0. The van der Waals surface area contributed by atoms with Gasteiger partial charge in [-0.2, -0.15) is 0 Å². The van der Waals surface area contributed by atoms with Gasteiger partial charge in [0.2, 0.25) is 11.8 Å². The number of nitrogens with zero attached hydrogens (tertiary/aromatic N) is 2. The van der Waals surface area contributed by atoms with Crippen LogP contribution in [0.15, 0.2) is 18.5 Å². The molecule has 20 heavy (non-hydrogen) atoms. The average molecular weight is 274 g/mol. The van der Waals surface area contributed by atoms with Crippen LogP contribution >= 0.6 is 0 Å². The van der Waals surface area contributed by atoms with Crippen molar-refractivity contribution in [3.05, 3.63) is 18.5 Å². The van der Waals surface area contributed by atoms with E-state index in [0.717, 1.165) is 24.9 Å². The lowest BCUT2D eigenvalue weighted by atomic mass is 9.99. The van der Waals surface area contributed by atoms with Gasteiger partial charge < -0.3 is 16.0 Å². The number of aromatic nitrogens is 1. The molecule has 0 spiro atoms. The Bertz CT molecular complexity index is 546. The third kappa shape index (κ3) is 2.38. The second kappa shape index (κ2) is 5.20. The minimum Gasteiger partial charge on any atom is -0.327 e. The summed E-state index contributed by atoms with van der Waals surface area (Å²) in [6, 6.07) is 1.86. The molecule has 106 valence electrons. The number of carbonyl (C=O) groups excluding carboxylic acids is 2. The van der Waals surface area contributed by atoms with Crippen LogP contribution in [0.1, 0.15) is 25.7 Å². The molecule has 1 fully saturated rings. The summed E-state index contributed by atoms with van der Waals surface area (Å²) in [6.45, 7) is 0.0673. The highest BCUT2D eigenvalue weighted by molar-refractivity contribution is 6.09. The van der Waals surface area contributed by atoms with Crippen molar-refractivity contribution in [1.29, 1.82) is 0 Å². The maximum absolute atomic E-state index is 12.5. The van der Waals surface area contributed by atoms with Gasteiger partial charge in [-0.25, -0.2) is 0 Å². The van der Waals surface area contributed by atoms with Crippen molar-refractivity contribution in [3.63, 3.8) is 0 Å². The first-order valence-electron chi connectivity index (χ1n) is 6.95. The van der Waals surface area contributed by atoms with Crippen LogP contribution in [0.25, 0.3) is 0 Å². The first-order chi connectivity index (χ1) is 9.65. The third-order valence-electron chi connectivity index (χ3n) is 4.12. The smallest absolute Gasteiger partial charge is 0.244 e. The summed E-state index contributed by atoms with van der Waals surface area (Å²) in [5.41, 5.74) is 7.33. The maximum atomic E-state index is 12.5. The number of carbonyl (C=O) groups is 2. The molecule has 2 amide bonds. The normalized spacial score (nSPS) is 25.2. The standard InChI is InChI=1S/C14H18N4O2/c15-10-3-1-2-9(10)6-14(20)18-8-13(19)17-11-7-16-5-4-12(11)18/h4-5,7,9-10H,1-3,6,8,15H2,(H,17,19)/t9-,10+/m0/s1. The van der Waals surface area contributed by atoms with Gasteiger partial charge in [0, 0.05) is 18.7 Å². The molecule has 3 N–H and O–H groups in total. The van der Waals surface area contributed by atoms with Crippen molar-refractivity contribution in [3.8, 4) is 0 Å². The van der Waals surface area contributed by atoms with Gasteiger partial charge >= 0.3 is 0 Å². The molecule has 1 aromatic rings. The molecule has 0 radical (unpaired) electrons. The Hall–Kier alpha value is -1.95. The van der Waals surface area contributed by atoms with Crippen molar-refractivity contribution in [2.75, 3.05) is 16.8 Å². The molecule has 1 aliphatic carbocycles. The molecule has 2 aliphatic rings. The predicted molar refractivity (Wildman–Crippen MR) is 75.2 cm³/mol. The summed E-state index contributed by atoms with van der Waals surface area (Å²) in [7, 11) is 0. The van der Waals surface area contributed by atoms with Crippen molar-refractivity contribution < 1.29 is 9.59 Å². The maximum Gasteiger partial charge on any atom is 0.244 e. The van der Waals surface area contributed by atoms with Gasteiger partial charge in [0.25, 0.3) is 0 Å². The molecule has 1 aromatic heterocycles. The number of hydrogen-bond donors (Lipinski definition) is 2. The van der Waals surface area contributed by atoms with E-state index in [0.29, 0.717) is 12.1 Å². The van der Waals surface area contributed by atoms with Gasteiger partial charge in [0.05, 0.1) is 17.6 Å². The van der Waals surface area contributed by atoms with E-state index >= 15 is 0 Å². The summed E-state index contributed by atoms with van der Waals surface area (Å²) in [5, 5.41) is 2.73. The number of amides is 2. The van der Waals surface area contributed by atoms with Crippen LogP contribution < -0.4 is 16.0 Å².